The highest BCUT2D eigenvalue weighted by Crippen LogP contribution is 2.31. The minimum atomic E-state index is 0.294. The van der Waals surface area contributed by atoms with Crippen LogP contribution in [0, 0.1) is 0 Å². The first-order valence-electron chi connectivity index (χ1n) is 10.4. The summed E-state index contributed by atoms with van der Waals surface area (Å²) in [6.45, 7) is 7.04. The second kappa shape index (κ2) is 8.26. The van der Waals surface area contributed by atoms with E-state index in [4.69, 9.17) is 4.42 Å². The largest absolute Gasteiger partial charge is 0.457 e. The van der Waals surface area contributed by atoms with E-state index in [0.717, 1.165) is 80.7 Å². The lowest BCUT2D eigenvalue weighted by molar-refractivity contribution is -0.131. The summed E-state index contributed by atoms with van der Waals surface area (Å²) in [6, 6.07) is 12.3. The number of carbonyl (C=O) groups is 1. The number of fused-ring (bicyclic) bond motifs is 1. The van der Waals surface area contributed by atoms with E-state index in [9.17, 15) is 4.79 Å². The van der Waals surface area contributed by atoms with Gasteiger partial charge in [0.05, 0.1) is 23.3 Å². The number of thiazole rings is 1. The van der Waals surface area contributed by atoms with E-state index in [1.54, 1.807) is 11.3 Å². The van der Waals surface area contributed by atoms with Gasteiger partial charge in [-0.2, -0.15) is 0 Å². The van der Waals surface area contributed by atoms with Crippen molar-refractivity contribution in [3.05, 3.63) is 42.2 Å². The van der Waals surface area contributed by atoms with Crippen molar-refractivity contribution in [2.75, 3.05) is 45.8 Å². The van der Waals surface area contributed by atoms with Gasteiger partial charge in [-0.05, 0) is 37.1 Å². The molecule has 0 unspecified atom stereocenters. The van der Waals surface area contributed by atoms with Crippen molar-refractivity contribution < 1.29 is 9.21 Å². The zero-order valence-electron chi connectivity index (χ0n) is 16.5. The number of carbonyl (C=O) groups excluding carboxylic acids is 1. The van der Waals surface area contributed by atoms with Crippen LogP contribution in [0.25, 0.3) is 21.0 Å². The second-order valence-electron chi connectivity index (χ2n) is 7.89. The summed E-state index contributed by atoms with van der Waals surface area (Å²) in [5.41, 5.74) is 1.02. The number of hydrogen-bond acceptors (Lipinski definition) is 6. The van der Waals surface area contributed by atoms with E-state index < -0.39 is 0 Å². The van der Waals surface area contributed by atoms with Gasteiger partial charge in [-0.25, -0.2) is 4.98 Å². The van der Waals surface area contributed by atoms with E-state index in [1.165, 1.54) is 4.70 Å². The molecule has 3 aromatic rings. The normalized spacial score (nSPS) is 18.7. The molecule has 2 aliphatic heterocycles. The molecule has 1 amide bonds. The molecule has 29 heavy (non-hydrogen) atoms. The first kappa shape index (κ1) is 18.8. The molecule has 1 aromatic carbocycles. The predicted molar refractivity (Wildman–Crippen MR) is 115 cm³/mol. The van der Waals surface area contributed by atoms with Crippen LogP contribution in [0.3, 0.4) is 0 Å². The molecule has 6 nitrogen and oxygen atoms in total. The summed E-state index contributed by atoms with van der Waals surface area (Å²) < 4.78 is 7.27. The zero-order chi connectivity index (χ0) is 19.6. The van der Waals surface area contributed by atoms with Crippen molar-refractivity contribution in [1.29, 1.82) is 0 Å². The van der Waals surface area contributed by atoms with Crippen molar-refractivity contribution in [3.8, 4) is 10.8 Å². The number of rotatable bonds is 5. The van der Waals surface area contributed by atoms with E-state index in [1.807, 2.05) is 29.2 Å². The van der Waals surface area contributed by atoms with E-state index in [-0.39, 0.29) is 0 Å². The van der Waals surface area contributed by atoms with Crippen LogP contribution < -0.4 is 0 Å². The number of benzene rings is 1. The fraction of sp³-hybridized carbons (Fsp3) is 0.455. The molecule has 4 heterocycles. The van der Waals surface area contributed by atoms with Gasteiger partial charge >= 0.3 is 0 Å². The zero-order valence-corrected chi connectivity index (χ0v) is 17.4. The Hall–Kier alpha value is -2.22. The van der Waals surface area contributed by atoms with Gasteiger partial charge in [0.15, 0.2) is 10.8 Å². The summed E-state index contributed by atoms with van der Waals surface area (Å²) >= 11 is 1.67. The Bertz CT molecular complexity index is 951. The molecule has 0 atom stereocenters. The summed E-state index contributed by atoms with van der Waals surface area (Å²) in [5.74, 6) is 2.11. The second-order valence-corrected chi connectivity index (χ2v) is 8.92. The number of aromatic nitrogens is 1. The molecule has 2 saturated heterocycles. The molecule has 0 spiro atoms. The SMILES string of the molecule is O=C(CN1CCN(Cc2ccc(-c3nc4ccccc4s3)o2)CC1)N1CCCC1. The summed E-state index contributed by atoms with van der Waals surface area (Å²) in [6.07, 6.45) is 2.31. The third-order valence-corrected chi connectivity index (χ3v) is 6.88. The molecule has 0 N–H and O–H groups in total. The molecule has 0 radical (unpaired) electrons. The Morgan fingerprint density at radius 1 is 0.966 bits per heavy atom. The number of para-hydroxylation sites is 1. The first-order chi connectivity index (χ1) is 14.2. The topological polar surface area (TPSA) is 52.8 Å². The smallest absolute Gasteiger partial charge is 0.236 e. The lowest BCUT2D eigenvalue weighted by atomic mass is 10.3. The molecule has 2 aliphatic rings. The average Bonchev–Trinajstić information content (AvgIpc) is 3.49. The van der Waals surface area contributed by atoms with Crippen molar-refractivity contribution in [1.82, 2.24) is 19.7 Å². The summed E-state index contributed by atoms with van der Waals surface area (Å²) in [5, 5.41) is 0.933. The van der Waals surface area contributed by atoms with Crippen molar-refractivity contribution >= 4 is 27.5 Å². The van der Waals surface area contributed by atoms with Gasteiger partial charge in [0.25, 0.3) is 0 Å². The molecule has 152 valence electrons. The monoisotopic (exact) mass is 410 g/mol. The fourth-order valence-corrected chi connectivity index (χ4v) is 5.07. The molecule has 7 heteroatoms. The van der Waals surface area contributed by atoms with E-state index >= 15 is 0 Å². The molecular formula is C22H26N4O2S. The maximum Gasteiger partial charge on any atom is 0.236 e. The van der Waals surface area contributed by atoms with Crippen LogP contribution in [0.5, 0.6) is 0 Å². The molecule has 5 rings (SSSR count). The number of piperazine rings is 1. The quantitative estimate of drug-likeness (QED) is 0.646. The lowest BCUT2D eigenvalue weighted by Crippen LogP contribution is -2.49. The Morgan fingerprint density at radius 2 is 1.72 bits per heavy atom. The van der Waals surface area contributed by atoms with Crippen molar-refractivity contribution in [2.24, 2.45) is 0 Å². The Kier molecular flexibility index (Phi) is 5.35. The average molecular weight is 411 g/mol. The number of likely N-dealkylation sites (tertiary alicyclic amines) is 1. The fourth-order valence-electron chi connectivity index (χ4n) is 4.14. The standard InChI is InChI=1S/C22H26N4O2S/c27-21(26-9-3-4-10-26)16-25-13-11-24(12-14-25)15-17-7-8-19(28-17)22-23-18-5-1-2-6-20(18)29-22/h1-2,5-8H,3-4,9-16H2. The van der Waals surface area contributed by atoms with E-state index in [2.05, 4.69) is 26.9 Å². The number of nitrogens with zero attached hydrogens (tertiary/aromatic N) is 4. The van der Waals surface area contributed by atoms with Crippen LogP contribution >= 0.6 is 11.3 Å². The van der Waals surface area contributed by atoms with Crippen LogP contribution in [0.1, 0.15) is 18.6 Å². The van der Waals surface area contributed by atoms with Crippen molar-refractivity contribution in [3.63, 3.8) is 0 Å². The minimum Gasteiger partial charge on any atom is -0.457 e. The molecule has 0 aliphatic carbocycles. The van der Waals surface area contributed by atoms with Gasteiger partial charge in [-0.15, -0.1) is 11.3 Å². The predicted octanol–water partition coefficient (Wildman–Crippen LogP) is 3.30. The van der Waals surface area contributed by atoms with Crippen LogP contribution in [0.15, 0.2) is 40.8 Å². The molecule has 0 bridgehead atoms. The van der Waals surface area contributed by atoms with Gasteiger partial charge in [0, 0.05) is 39.3 Å². The van der Waals surface area contributed by atoms with Gasteiger partial charge in [-0.1, -0.05) is 12.1 Å². The molecule has 0 saturated carbocycles. The molecule has 2 fully saturated rings. The van der Waals surface area contributed by atoms with Gasteiger partial charge in [0.1, 0.15) is 5.76 Å². The third kappa shape index (κ3) is 4.22. The van der Waals surface area contributed by atoms with Crippen molar-refractivity contribution in [2.45, 2.75) is 19.4 Å². The van der Waals surface area contributed by atoms with Crippen LogP contribution in [0.4, 0.5) is 0 Å². The maximum atomic E-state index is 12.3. The van der Waals surface area contributed by atoms with Gasteiger partial charge < -0.3 is 9.32 Å². The molecule has 2 aromatic heterocycles. The Labute approximate surface area is 174 Å². The van der Waals surface area contributed by atoms with Crippen LogP contribution in [-0.4, -0.2) is 71.4 Å². The lowest BCUT2D eigenvalue weighted by Gasteiger charge is -2.34. The van der Waals surface area contributed by atoms with E-state index in [0.29, 0.717) is 12.5 Å². The van der Waals surface area contributed by atoms with Gasteiger partial charge in [0.2, 0.25) is 5.91 Å². The minimum absolute atomic E-state index is 0.294. The Balaban J connectivity index is 1.14. The molecular weight excluding hydrogens is 384 g/mol. The number of hydrogen-bond donors (Lipinski definition) is 0. The maximum absolute atomic E-state index is 12.3. The Morgan fingerprint density at radius 3 is 2.52 bits per heavy atom. The highest BCUT2D eigenvalue weighted by molar-refractivity contribution is 7.21. The third-order valence-electron chi connectivity index (χ3n) is 5.83. The van der Waals surface area contributed by atoms with Crippen LogP contribution in [-0.2, 0) is 11.3 Å². The summed E-state index contributed by atoms with van der Waals surface area (Å²) in [4.78, 5) is 23.7. The highest BCUT2D eigenvalue weighted by Gasteiger charge is 2.24. The summed E-state index contributed by atoms with van der Waals surface area (Å²) in [7, 11) is 0. The van der Waals surface area contributed by atoms with Crippen LogP contribution in [0.2, 0.25) is 0 Å². The number of amides is 1. The first-order valence-corrected chi connectivity index (χ1v) is 11.2. The van der Waals surface area contributed by atoms with Gasteiger partial charge in [-0.3, -0.25) is 14.6 Å². The number of furan rings is 1. The highest BCUT2D eigenvalue weighted by atomic mass is 32.1.